The molecule has 0 spiro atoms. The molecule has 4 nitrogen and oxygen atoms in total. The van der Waals surface area contributed by atoms with Crippen molar-refractivity contribution in [1.29, 1.82) is 0 Å². The van der Waals surface area contributed by atoms with Gasteiger partial charge in [0.1, 0.15) is 0 Å². The number of anilines is 2. The van der Waals surface area contributed by atoms with Gasteiger partial charge in [-0.15, -0.1) is 0 Å². The molecule has 12 heavy (non-hydrogen) atoms. The van der Waals surface area contributed by atoms with E-state index in [4.69, 9.17) is 5.73 Å². The highest BCUT2D eigenvalue weighted by atomic mass is 32.2. The van der Waals surface area contributed by atoms with Gasteiger partial charge in [0, 0.05) is 18.3 Å². The van der Waals surface area contributed by atoms with Gasteiger partial charge in [0.15, 0.2) is 0 Å². The Morgan fingerprint density at radius 3 is 2.58 bits per heavy atom. The van der Waals surface area contributed by atoms with Crippen LogP contribution in [0, 0.1) is 0 Å². The van der Waals surface area contributed by atoms with Crippen LogP contribution in [0.15, 0.2) is 24.3 Å². The van der Waals surface area contributed by atoms with Crippen LogP contribution in [0.25, 0.3) is 0 Å². The first-order chi connectivity index (χ1) is 5.63. The van der Waals surface area contributed by atoms with Gasteiger partial charge in [-0.05, 0) is 12.1 Å². The van der Waals surface area contributed by atoms with Gasteiger partial charge < -0.3 is 14.6 Å². The summed E-state index contributed by atoms with van der Waals surface area (Å²) in [6.07, 6.45) is 0. The van der Waals surface area contributed by atoms with E-state index in [2.05, 4.69) is 0 Å². The van der Waals surface area contributed by atoms with Crippen molar-refractivity contribution in [3.8, 4) is 0 Å². The molecular weight excluding hydrogens is 176 g/mol. The van der Waals surface area contributed by atoms with Gasteiger partial charge in [-0.25, -0.2) is 0 Å². The van der Waals surface area contributed by atoms with Gasteiger partial charge >= 0.3 is 0 Å². The van der Waals surface area contributed by atoms with Crippen LogP contribution in [0.1, 0.15) is 0 Å². The van der Waals surface area contributed by atoms with E-state index in [0.29, 0.717) is 11.4 Å². The Labute approximate surface area is 73.4 Å². The Bertz CT molecular complexity index is 303. The minimum Gasteiger partial charge on any atom is -0.755 e. The van der Waals surface area contributed by atoms with Crippen LogP contribution in [-0.4, -0.2) is 15.8 Å². The number of nitrogens with zero attached hydrogens (tertiary/aromatic N) is 1. The lowest BCUT2D eigenvalue weighted by molar-refractivity contribution is 0.535. The monoisotopic (exact) mass is 185 g/mol. The second kappa shape index (κ2) is 3.55. The summed E-state index contributed by atoms with van der Waals surface area (Å²) in [5.74, 6) is 0. The van der Waals surface area contributed by atoms with Crippen molar-refractivity contribution >= 4 is 22.6 Å². The fraction of sp³-hybridized carbons (Fsp3) is 0.143. The molecular formula is C7H9N2O2S-. The van der Waals surface area contributed by atoms with E-state index in [0.717, 1.165) is 4.31 Å². The summed E-state index contributed by atoms with van der Waals surface area (Å²) in [6, 6.07) is 6.78. The SMILES string of the molecule is CN(c1ccccc1N)S(=O)[O-]. The topological polar surface area (TPSA) is 69.4 Å². The maximum absolute atomic E-state index is 10.5. The molecule has 0 bridgehead atoms. The summed E-state index contributed by atoms with van der Waals surface area (Å²) in [5, 5.41) is 0. The molecule has 2 N–H and O–H groups in total. The third-order valence-electron chi connectivity index (χ3n) is 1.50. The van der Waals surface area contributed by atoms with E-state index in [-0.39, 0.29) is 0 Å². The van der Waals surface area contributed by atoms with E-state index in [9.17, 15) is 8.76 Å². The van der Waals surface area contributed by atoms with Crippen molar-refractivity contribution < 1.29 is 8.76 Å². The molecule has 0 aliphatic rings. The standard InChI is InChI=1S/C7H10N2O2S/c1-9(12(10)11)7-5-3-2-4-6(7)8/h2-5H,8H2,1H3,(H,10,11)/p-1. The first-order valence-electron chi connectivity index (χ1n) is 3.30. The molecule has 0 aliphatic carbocycles. The number of rotatable bonds is 2. The molecule has 1 aromatic rings. The third-order valence-corrected chi connectivity index (χ3v) is 2.14. The van der Waals surface area contributed by atoms with Crippen LogP contribution >= 0.6 is 0 Å². The highest BCUT2D eigenvalue weighted by Gasteiger charge is 2.02. The Hall–Kier alpha value is -1.07. The van der Waals surface area contributed by atoms with Crippen LogP contribution in [0.3, 0.4) is 0 Å². The molecule has 5 heteroatoms. The second-order valence-electron chi connectivity index (χ2n) is 2.27. The number of nitrogens with two attached hydrogens (primary N) is 1. The van der Waals surface area contributed by atoms with Crippen molar-refractivity contribution in [2.75, 3.05) is 17.1 Å². The van der Waals surface area contributed by atoms with Crippen molar-refractivity contribution in [1.82, 2.24) is 0 Å². The lowest BCUT2D eigenvalue weighted by Crippen LogP contribution is -2.20. The summed E-state index contributed by atoms with van der Waals surface area (Å²) in [4.78, 5) is 0. The highest BCUT2D eigenvalue weighted by molar-refractivity contribution is 7.80. The summed E-state index contributed by atoms with van der Waals surface area (Å²) >= 11 is -2.27. The normalized spacial score (nSPS) is 12.5. The Morgan fingerprint density at radius 1 is 1.50 bits per heavy atom. The minimum atomic E-state index is -2.27. The number of hydrogen-bond donors (Lipinski definition) is 1. The summed E-state index contributed by atoms with van der Waals surface area (Å²) in [6.45, 7) is 0. The zero-order valence-corrected chi connectivity index (χ0v) is 7.38. The highest BCUT2D eigenvalue weighted by Crippen LogP contribution is 2.21. The average molecular weight is 185 g/mol. The maximum atomic E-state index is 10.5. The smallest absolute Gasteiger partial charge is 0.0708 e. The summed E-state index contributed by atoms with van der Waals surface area (Å²) in [7, 11) is 1.44. The molecule has 1 aromatic carbocycles. The summed E-state index contributed by atoms with van der Waals surface area (Å²) in [5.41, 5.74) is 6.48. The van der Waals surface area contributed by atoms with E-state index < -0.39 is 11.3 Å². The van der Waals surface area contributed by atoms with Crippen molar-refractivity contribution in [2.45, 2.75) is 0 Å². The van der Waals surface area contributed by atoms with Crippen LogP contribution in [0.2, 0.25) is 0 Å². The Morgan fingerprint density at radius 2 is 2.08 bits per heavy atom. The van der Waals surface area contributed by atoms with E-state index in [1.807, 2.05) is 0 Å². The molecule has 0 radical (unpaired) electrons. The quantitative estimate of drug-likeness (QED) is 0.538. The third kappa shape index (κ3) is 1.75. The minimum absolute atomic E-state index is 0.448. The van der Waals surface area contributed by atoms with Gasteiger partial charge in [-0.2, -0.15) is 0 Å². The lowest BCUT2D eigenvalue weighted by atomic mass is 10.3. The first-order valence-corrected chi connectivity index (χ1v) is 4.33. The van der Waals surface area contributed by atoms with Gasteiger partial charge in [-0.3, -0.25) is 4.21 Å². The molecule has 0 aromatic heterocycles. The fourth-order valence-corrected chi connectivity index (χ4v) is 1.18. The van der Waals surface area contributed by atoms with Gasteiger partial charge in [0.05, 0.1) is 11.4 Å². The molecule has 1 atom stereocenters. The first kappa shape index (κ1) is 9.02. The largest absolute Gasteiger partial charge is 0.755 e. The maximum Gasteiger partial charge on any atom is 0.0708 e. The molecule has 1 unspecified atom stereocenters. The van der Waals surface area contributed by atoms with Crippen LogP contribution in [-0.2, 0) is 11.3 Å². The molecule has 0 heterocycles. The Balaban J connectivity index is 3.02. The molecule has 1 rings (SSSR count). The van der Waals surface area contributed by atoms with Gasteiger partial charge in [0.2, 0.25) is 0 Å². The van der Waals surface area contributed by atoms with Crippen molar-refractivity contribution in [3.05, 3.63) is 24.3 Å². The summed E-state index contributed by atoms with van der Waals surface area (Å²) < 4.78 is 22.1. The molecule has 0 saturated heterocycles. The van der Waals surface area contributed by atoms with Crippen LogP contribution in [0.4, 0.5) is 11.4 Å². The number of hydrogen-bond acceptors (Lipinski definition) is 3. The predicted octanol–water partition coefficient (Wildman–Crippen LogP) is 0.499. The van der Waals surface area contributed by atoms with E-state index in [1.165, 1.54) is 7.05 Å². The Kier molecular flexibility index (Phi) is 2.67. The van der Waals surface area contributed by atoms with Gasteiger partial charge in [0.25, 0.3) is 0 Å². The zero-order chi connectivity index (χ0) is 9.14. The molecule has 0 aliphatic heterocycles. The van der Waals surface area contributed by atoms with Crippen molar-refractivity contribution in [2.24, 2.45) is 0 Å². The van der Waals surface area contributed by atoms with Crippen molar-refractivity contribution in [3.63, 3.8) is 0 Å². The second-order valence-corrected chi connectivity index (χ2v) is 3.26. The zero-order valence-electron chi connectivity index (χ0n) is 6.56. The molecule has 0 fully saturated rings. The van der Waals surface area contributed by atoms with Crippen LogP contribution in [0.5, 0.6) is 0 Å². The van der Waals surface area contributed by atoms with Crippen LogP contribution < -0.4 is 10.0 Å². The van der Waals surface area contributed by atoms with E-state index in [1.54, 1.807) is 24.3 Å². The van der Waals surface area contributed by atoms with E-state index >= 15 is 0 Å². The number of nitrogen functional groups attached to an aromatic ring is 1. The predicted molar refractivity (Wildman–Crippen MR) is 48.2 cm³/mol. The molecule has 0 saturated carbocycles. The molecule has 66 valence electrons. The average Bonchev–Trinajstić information content (AvgIpc) is 2.04. The number of para-hydroxylation sites is 2. The molecule has 0 amide bonds. The van der Waals surface area contributed by atoms with Gasteiger partial charge in [-0.1, -0.05) is 12.1 Å². The fourth-order valence-electron chi connectivity index (χ4n) is 0.855. The number of benzene rings is 1. The lowest BCUT2D eigenvalue weighted by Gasteiger charge is -2.22.